The first-order valence-electron chi connectivity index (χ1n) is 9.88. The molecule has 32 heavy (non-hydrogen) atoms. The lowest BCUT2D eigenvalue weighted by Gasteiger charge is -2.21. The molecule has 13 heteroatoms. The first-order valence-corrected chi connectivity index (χ1v) is 11.5. The van der Waals surface area contributed by atoms with Crippen LogP contribution in [0.15, 0.2) is 17.3 Å². The highest BCUT2D eigenvalue weighted by molar-refractivity contribution is 7.91. The molecule has 1 unspecified atom stereocenters. The zero-order valence-electron chi connectivity index (χ0n) is 17.4. The fourth-order valence-corrected chi connectivity index (χ4v) is 5.08. The van der Waals surface area contributed by atoms with Crippen LogP contribution < -0.4 is 0 Å². The molecule has 7 nitrogen and oxygen atoms in total. The van der Waals surface area contributed by atoms with E-state index in [0.29, 0.717) is 30.8 Å². The van der Waals surface area contributed by atoms with Crippen LogP contribution in [0.2, 0.25) is 0 Å². The number of imidazole rings is 2. The van der Waals surface area contributed by atoms with Crippen LogP contribution in [0.5, 0.6) is 0 Å². The zero-order chi connectivity index (χ0) is 23.6. The fraction of sp³-hybridized carbons (Fsp3) is 0.526. The molecule has 174 valence electrons. The lowest BCUT2D eigenvalue weighted by molar-refractivity contribution is -0.290. The molecule has 0 N–H and O–H groups in total. The maximum atomic E-state index is 13.8. The molecule has 0 aliphatic carbocycles. The van der Waals surface area contributed by atoms with Gasteiger partial charge in [0.15, 0.2) is 20.7 Å². The van der Waals surface area contributed by atoms with E-state index in [1.807, 2.05) is 6.92 Å². The van der Waals surface area contributed by atoms with Gasteiger partial charge in [-0.3, -0.25) is 4.98 Å². The highest BCUT2D eigenvalue weighted by Crippen LogP contribution is 2.43. The summed E-state index contributed by atoms with van der Waals surface area (Å²) in [5.41, 5.74) is -1.43. The Hall–Kier alpha value is -2.57. The third-order valence-corrected chi connectivity index (χ3v) is 7.47. The van der Waals surface area contributed by atoms with Gasteiger partial charge in [-0.1, -0.05) is 13.8 Å². The number of rotatable bonds is 4. The smallest absolute Gasteiger partial charge is 0.324 e. The molecule has 0 fully saturated rings. The molecule has 0 bridgehead atoms. The van der Waals surface area contributed by atoms with Crippen LogP contribution >= 0.6 is 0 Å². The molecule has 0 spiro atoms. The van der Waals surface area contributed by atoms with Crippen molar-refractivity contribution in [3.05, 3.63) is 23.8 Å². The lowest BCUT2D eigenvalue weighted by atomic mass is 10.0. The third-order valence-electron chi connectivity index (χ3n) is 5.71. The predicted molar refractivity (Wildman–Crippen MR) is 105 cm³/mol. The van der Waals surface area contributed by atoms with Gasteiger partial charge in [0.1, 0.15) is 17.2 Å². The van der Waals surface area contributed by atoms with Gasteiger partial charge in [-0.15, -0.1) is 0 Å². The lowest BCUT2D eigenvalue weighted by Crippen LogP contribution is -2.34. The van der Waals surface area contributed by atoms with Gasteiger partial charge in [0, 0.05) is 20.0 Å². The van der Waals surface area contributed by atoms with Crippen molar-refractivity contribution < 1.29 is 30.4 Å². The van der Waals surface area contributed by atoms with Gasteiger partial charge >= 0.3 is 12.1 Å². The number of aryl methyl sites for hydroxylation is 1. The monoisotopic (exact) mass is 477 g/mol. The number of alkyl halides is 5. The Morgan fingerprint density at radius 1 is 1.19 bits per heavy atom. The van der Waals surface area contributed by atoms with E-state index >= 15 is 0 Å². The second-order valence-electron chi connectivity index (χ2n) is 7.96. The average Bonchev–Trinajstić information content (AvgIpc) is 3.24. The third kappa shape index (κ3) is 3.37. The Morgan fingerprint density at radius 3 is 2.50 bits per heavy atom. The number of nitrogens with zero attached hydrogens (tertiary/aromatic N) is 5. The molecule has 1 atom stereocenters. The van der Waals surface area contributed by atoms with E-state index in [4.69, 9.17) is 0 Å². The van der Waals surface area contributed by atoms with E-state index in [-0.39, 0.29) is 33.3 Å². The summed E-state index contributed by atoms with van der Waals surface area (Å²) in [6.07, 6.45) is -3.63. The molecular formula is C19H20F5N5O2S. The average molecular weight is 477 g/mol. The molecule has 0 radical (unpaired) electrons. The minimum atomic E-state index is -5.81. The summed E-state index contributed by atoms with van der Waals surface area (Å²) in [7, 11) is -2.24. The summed E-state index contributed by atoms with van der Waals surface area (Å²) in [5.74, 6) is -4.42. The van der Waals surface area contributed by atoms with Crippen LogP contribution in [0.3, 0.4) is 0 Å². The second kappa shape index (κ2) is 7.22. The number of hydrogen-bond donors (Lipinski definition) is 0. The maximum absolute atomic E-state index is 13.8. The highest BCUT2D eigenvalue weighted by atomic mass is 32.2. The molecule has 1 aliphatic heterocycles. The maximum Gasteiger partial charge on any atom is 0.459 e. The Morgan fingerprint density at radius 2 is 1.88 bits per heavy atom. The number of sulfone groups is 1. The van der Waals surface area contributed by atoms with Gasteiger partial charge in [0.2, 0.25) is 0 Å². The molecule has 3 aromatic rings. The van der Waals surface area contributed by atoms with E-state index in [0.717, 1.165) is 12.6 Å². The Labute approximate surface area is 180 Å². The Bertz CT molecular complexity index is 1310. The zero-order valence-corrected chi connectivity index (χ0v) is 18.2. The van der Waals surface area contributed by atoms with Crippen molar-refractivity contribution >= 4 is 20.9 Å². The summed E-state index contributed by atoms with van der Waals surface area (Å²) >= 11 is 0. The number of halogens is 5. The standard InChI is InChI=1S/C19H20F5N5O2S/c1-4-32(30,31)17-15(27-14-7-10(2)5-6-29(14)17)16-26-11-8-13(18(20,21)19(22,23)24)25-9-12(11)28(16)3/h8-10H,4-7H2,1-3H3. The molecule has 0 amide bonds. The van der Waals surface area contributed by atoms with Gasteiger partial charge in [-0.25, -0.2) is 18.4 Å². The minimum Gasteiger partial charge on any atom is -0.324 e. The van der Waals surface area contributed by atoms with E-state index in [2.05, 4.69) is 15.0 Å². The first kappa shape index (κ1) is 22.6. The number of fused-ring (bicyclic) bond motifs is 2. The van der Waals surface area contributed by atoms with Crippen molar-refractivity contribution in [2.24, 2.45) is 13.0 Å². The molecule has 3 aromatic heterocycles. The van der Waals surface area contributed by atoms with Crippen molar-refractivity contribution in [3.63, 3.8) is 0 Å². The molecular weight excluding hydrogens is 457 g/mol. The van der Waals surface area contributed by atoms with Gasteiger partial charge in [0.25, 0.3) is 0 Å². The van der Waals surface area contributed by atoms with Crippen LogP contribution in [0.1, 0.15) is 31.8 Å². The second-order valence-corrected chi connectivity index (χ2v) is 10.2. The molecule has 1 aliphatic rings. The number of hydrogen-bond acceptors (Lipinski definition) is 5. The van der Waals surface area contributed by atoms with Gasteiger partial charge in [0.05, 0.1) is 23.0 Å². The minimum absolute atomic E-state index is 0.0193. The van der Waals surface area contributed by atoms with E-state index in [9.17, 15) is 30.4 Å². The van der Waals surface area contributed by atoms with Crippen LogP contribution in [-0.4, -0.2) is 44.4 Å². The van der Waals surface area contributed by atoms with E-state index in [1.165, 1.54) is 18.5 Å². The summed E-state index contributed by atoms with van der Waals surface area (Å²) in [4.78, 5) is 12.0. The summed E-state index contributed by atoms with van der Waals surface area (Å²) in [6.45, 7) is 3.97. The topological polar surface area (TPSA) is 82.7 Å². The SMILES string of the molecule is CCS(=O)(=O)c1c(-c2nc3cc(C(F)(F)C(F)(F)F)ncc3n2C)nc2n1CCC(C)C2. The molecule has 0 saturated heterocycles. The van der Waals surface area contributed by atoms with Crippen LogP contribution in [0.25, 0.3) is 22.6 Å². The molecule has 0 saturated carbocycles. The van der Waals surface area contributed by atoms with Gasteiger partial charge in [-0.05, 0) is 18.4 Å². The van der Waals surface area contributed by atoms with Crippen molar-refractivity contribution in [1.82, 2.24) is 24.1 Å². The quantitative estimate of drug-likeness (QED) is 0.533. The molecule has 0 aromatic carbocycles. The van der Waals surface area contributed by atoms with Crippen molar-refractivity contribution in [1.29, 1.82) is 0 Å². The van der Waals surface area contributed by atoms with Crippen molar-refractivity contribution in [3.8, 4) is 11.5 Å². The predicted octanol–water partition coefficient (Wildman–Crippen LogP) is 3.86. The molecule has 4 heterocycles. The van der Waals surface area contributed by atoms with Crippen molar-refractivity contribution in [2.45, 2.75) is 50.4 Å². The van der Waals surface area contributed by atoms with Crippen LogP contribution in [0.4, 0.5) is 22.0 Å². The van der Waals surface area contributed by atoms with Gasteiger partial charge < -0.3 is 9.13 Å². The largest absolute Gasteiger partial charge is 0.459 e. The Kier molecular flexibility index (Phi) is 5.10. The van der Waals surface area contributed by atoms with E-state index in [1.54, 1.807) is 4.57 Å². The number of pyridine rings is 1. The number of aromatic nitrogens is 5. The van der Waals surface area contributed by atoms with E-state index < -0.39 is 27.6 Å². The normalized spacial score (nSPS) is 17.7. The summed E-state index contributed by atoms with van der Waals surface area (Å²) in [6, 6.07) is 0.568. The summed E-state index contributed by atoms with van der Waals surface area (Å²) in [5, 5.41) is -0.0193. The molecule has 4 rings (SSSR count). The van der Waals surface area contributed by atoms with Gasteiger partial charge in [-0.2, -0.15) is 22.0 Å². The fourth-order valence-electron chi connectivity index (χ4n) is 3.85. The van der Waals surface area contributed by atoms with Crippen LogP contribution in [0, 0.1) is 5.92 Å². The van der Waals surface area contributed by atoms with Crippen molar-refractivity contribution in [2.75, 3.05) is 5.75 Å². The summed E-state index contributed by atoms with van der Waals surface area (Å²) < 4.78 is 94.6. The first-order chi connectivity index (χ1) is 14.8. The Balaban J connectivity index is 1.94. The van der Waals surface area contributed by atoms with Crippen LogP contribution in [-0.2, 0) is 35.8 Å². The highest BCUT2D eigenvalue weighted by Gasteiger charge is 2.60.